The Kier molecular flexibility index (Phi) is 4.35. The third kappa shape index (κ3) is 3.39. The highest BCUT2D eigenvalue weighted by atomic mass is 79.9. The Hall–Kier alpha value is -0.670. The largest absolute Gasteiger partial charge is 0.392 e. The number of aliphatic hydroxyl groups is 1. The second-order valence-electron chi connectivity index (χ2n) is 4.56. The fourth-order valence-electron chi connectivity index (χ4n) is 2.24. The van der Waals surface area contributed by atoms with E-state index >= 15 is 0 Å². The summed E-state index contributed by atoms with van der Waals surface area (Å²) in [4.78, 5) is 0. The molecule has 1 N–H and O–H groups in total. The molecule has 0 saturated heterocycles. The van der Waals surface area contributed by atoms with Crippen LogP contribution in [-0.2, 0) is 6.42 Å². The van der Waals surface area contributed by atoms with Gasteiger partial charge in [0.05, 0.1) is 10.6 Å². The number of hydrogen-bond donors (Lipinski definition) is 1. The van der Waals surface area contributed by atoms with E-state index in [2.05, 4.69) is 28.1 Å². The summed E-state index contributed by atoms with van der Waals surface area (Å²) in [5.74, 6) is 0.0765. The van der Waals surface area contributed by atoms with Gasteiger partial charge in [0.15, 0.2) is 0 Å². The van der Waals surface area contributed by atoms with E-state index in [1.165, 1.54) is 6.07 Å². The first-order valence-corrected chi connectivity index (χ1v) is 6.73. The third-order valence-electron chi connectivity index (χ3n) is 3.28. The number of aliphatic hydroxyl groups excluding tert-OH is 1. The number of hydrogen-bond acceptors (Lipinski definition) is 1. The average molecular weight is 299 g/mol. The van der Waals surface area contributed by atoms with Crippen molar-refractivity contribution in [2.24, 2.45) is 5.92 Å². The van der Waals surface area contributed by atoms with Crippen molar-refractivity contribution in [2.75, 3.05) is 0 Å². The fourth-order valence-corrected chi connectivity index (χ4v) is 2.67. The Morgan fingerprint density at radius 2 is 2.24 bits per heavy atom. The zero-order valence-corrected chi connectivity index (χ0v) is 11.2. The van der Waals surface area contributed by atoms with Crippen molar-refractivity contribution >= 4 is 15.9 Å². The van der Waals surface area contributed by atoms with Crippen molar-refractivity contribution in [2.45, 2.75) is 31.8 Å². The molecule has 0 radical (unpaired) electrons. The molecular formula is C14H16BrFO. The van der Waals surface area contributed by atoms with Gasteiger partial charge < -0.3 is 5.11 Å². The summed E-state index contributed by atoms with van der Waals surface area (Å²) < 4.78 is 13.5. The first kappa shape index (κ1) is 12.8. The predicted octanol–water partition coefficient (Wildman–Crippen LogP) is 3.85. The number of allylic oxidation sites excluding steroid dienone is 2. The molecule has 92 valence electrons. The molecule has 0 spiro atoms. The van der Waals surface area contributed by atoms with E-state index in [-0.39, 0.29) is 11.9 Å². The van der Waals surface area contributed by atoms with Crippen molar-refractivity contribution in [3.63, 3.8) is 0 Å². The molecule has 17 heavy (non-hydrogen) atoms. The van der Waals surface area contributed by atoms with E-state index in [9.17, 15) is 9.50 Å². The summed E-state index contributed by atoms with van der Waals surface area (Å²) in [6.45, 7) is 0. The fraction of sp³-hybridized carbons (Fsp3) is 0.429. The van der Waals surface area contributed by atoms with Crippen LogP contribution in [0.5, 0.6) is 0 Å². The van der Waals surface area contributed by atoms with E-state index in [4.69, 9.17) is 0 Å². The van der Waals surface area contributed by atoms with Gasteiger partial charge >= 0.3 is 0 Å². The molecule has 3 heteroatoms. The maximum Gasteiger partial charge on any atom is 0.137 e. The number of halogens is 2. The van der Waals surface area contributed by atoms with E-state index in [0.29, 0.717) is 16.8 Å². The zero-order valence-electron chi connectivity index (χ0n) is 9.57. The van der Waals surface area contributed by atoms with Gasteiger partial charge in [0.25, 0.3) is 0 Å². The van der Waals surface area contributed by atoms with Gasteiger partial charge in [-0.05, 0) is 65.2 Å². The zero-order chi connectivity index (χ0) is 12.3. The molecule has 1 aliphatic carbocycles. The second-order valence-corrected chi connectivity index (χ2v) is 5.42. The number of benzene rings is 1. The predicted molar refractivity (Wildman–Crippen MR) is 70.3 cm³/mol. The molecular weight excluding hydrogens is 283 g/mol. The van der Waals surface area contributed by atoms with Crippen LogP contribution < -0.4 is 0 Å². The van der Waals surface area contributed by atoms with Crippen molar-refractivity contribution in [1.82, 2.24) is 0 Å². The number of rotatable bonds is 3. The lowest BCUT2D eigenvalue weighted by molar-refractivity contribution is 0.102. The van der Waals surface area contributed by atoms with Gasteiger partial charge in [-0.3, -0.25) is 0 Å². The Balaban J connectivity index is 1.99. The summed E-state index contributed by atoms with van der Waals surface area (Å²) in [6, 6.07) is 4.92. The Labute approximate surface area is 109 Å². The van der Waals surface area contributed by atoms with Crippen LogP contribution in [0.1, 0.15) is 24.8 Å². The molecule has 1 aliphatic rings. The van der Waals surface area contributed by atoms with Gasteiger partial charge in [0.2, 0.25) is 0 Å². The molecule has 2 atom stereocenters. The van der Waals surface area contributed by atoms with Crippen LogP contribution in [0.15, 0.2) is 34.8 Å². The van der Waals surface area contributed by atoms with Crippen LogP contribution in [0.25, 0.3) is 0 Å². The Bertz CT molecular complexity index is 417. The maximum absolute atomic E-state index is 13.1. The maximum atomic E-state index is 13.1. The Morgan fingerprint density at radius 3 is 2.88 bits per heavy atom. The quantitative estimate of drug-likeness (QED) is 0.841. The second kappa shape index (κ2) is 5.78. The van der Waals surface area contributed by atoms with Gasteiger partial charge in [-0.1, -0.05) is 18.2 Å². The van der Waals surface area contributed by atoms with Crippen LogP contribution >= 0.6 is 15.9 Å². The Morgan fingerprint density at radius 1 is 1.41 bits per heavy atom. The van der Waals surface area contributed by atoms with Crippen molar-refractivity contribution in [1.29, 1.82) is 0 Å². The summed E-state index contributed by atoms with van der Waals surface area (Å²) in [6.07, 6.45) is 7.60. The minimum atomic E-state index is -0.336. The molecule has 0 saturated carbocycles. The molecule has 1 aromatic carbocycles. The lowest BCUT2D eigenvalue weighted by Gasteiger charge is -2.23. The van der Waals surface area contributed by atoms with E-state index < -0.39 is 0 Å². The van der Waals surface area contributed by atoms with E-state index in [1.807, 2.05) is 0 Å². The molecule has 0 aromatic heterocycles. The minimum absolute atomic E-state index is 0.260. The highest BCUT2D eigenvalue weighted by molar-refractivity contribution is 9.10. The third-order valence-corrected chi connectivity index (χ3v) is 3.89. The standard InChI is InChI=1S/C14H16BrFO/c15-12-8-10(6-7-13(12)16)9-14(17)11-4-2-1-3-5-11/h1-2,6-8,11,14,17H,3-5,9H2. The van der Waals surface area contributed by atoms with Crippen LogP contribution in [0, 0.1) is 11.7 Å². The molecule has 0 heterocycles. The summed E-state index contributed by atoms with van der Waals surface area (Å²) >= 11 is 3.16. The van der Waals surface area contributed by atoms with Crippen LogP contribution in [0.4, 0.5) is 4.39 Å². The summed E-state index contributed by atoms with van der Waals surface area (Å²) in [7, 11) is 0. The van der Waals surface area contributed by atoms with Gasteiger partial charge in [-0.25, -0.2) is 4.39 Å². The first-order valence-electron chi connectivity index (χ1n) is 5.94. The SMILES string of the molecule is OC(Cc1ccc(F)c(Br)c1)C1CC=CCC1. The normalized spacial score (nSPS) is 21.5. The summed E-state index contributed by atoms with van der Waals surface area (Å²) in [5, 5.41) is 10.1. The van der Waals surface area contributed by atoms with Crippen LogP contribution in [-0.4, -0.2) is 11.2 Å². The molecule has 1 aromatic rings. The van der Waals surface area contributed by atoms with Crippen LogP contribution in [0.2, 0.25) is 0 Å². The molecule has 0 bridgehead atoms. The van der Waals surface area contributed by atoms with Crippen molar-refractivity contribution < 1.29 is 9.50 Å². The molecule has 0 aliphatic heterocycles. The lowest BCUT2D eigenvalue weighted by atomic mass is 9.86. The van der Waals surface area contributed by atoms with Gasteiger partial charge in [-0.2, -0.15) is 0 Å². The van der Waals surface area contributed by atoms with E-state index in [1.54, 1.807) is 12.1 Å². The monoisotopic (exact) mass is 298 g/mol. The highest BCUT2D eigenvalue weighted by Crippen LogP contribution is 2.25. The van der Waals surface area contributed by atoms with Crippen LogP contribution in [0.3, 0.4) is 0 Å². The van der Waals surface area contributed by atoms with Gasteiger partial charge in [0, 0.05) is 0 Å². The van der Waals surface area contributed by atoms with E-state index in [0.717, 1.165) is 24.8 Å². The lowest BCUT2D eigenvalue weighted by Crippen LogP contribution is -2.23. The molecule has 1 nitrogen and oxygen atoms in total. The average Bonchev–Trinajstić information content (AvgIpc) is 2.35. The van der Waals surface area contributed by atoms with Gasteiger partial charge in [0.1, 0.15) is 5.82 Å². The molecule has 0 fully saturated rings. The topological polar surface area (TPSA) is 20.2 Å². The van der Waals surface area contributed by atoms with Crippen molar-refractivity contribution in [3.05, 3.63) is 46.2 Å². The first-order chi connectivity index (χ1) is 8.16. The summed E-state index contributed by atoms with van der Waals surface area (Å²) in [5.41, 5.74) is 0.973. The van der Waals surface area contributed by atoms with Gasteiger partial charge in [-0.15, -0.1) is 0 Å². The molecule has 2 rings (SSSR count). The molecule has 0 amide bonds. The highest BCUT2D eigenvalue weighted by Gasteiger charge is 2.19. The van der Waals surface area contributed by atoms with Crippen molar-refractivity contribution in [3.8, 4) is 0 Å². The molecule has 2 unspecified atom stereocenters. The smallest absolute Gasteiger partial charge is 0.137 e. The minimum Gasteiger partial charge on any atom is -0.392 e.